The maximum atomic E-state index is 8.92. The Morgan fingerprint density at radius 3 is 2.23 bits per heavy atom. The van der Waals surface area contributed by atoms with Crippen LogP contribution in [0.4, 0.5) is 0 Å². The highest BCUT2D eigenvalue weighted by Crippen LogP contribution is 2.08. The molecular weight excluding hydrogens is 230 g/mol. The van der Waals surface area contributed by atoms with Gasteiger partial charge in [-0.3, -0.25) is 4.90 Å². The summed E-state index contributed by atoms with van der Waals surface area (Å²) >= 11 is 3.43. The Morgan fingerprint density at radius 2 is 1.85 bits per heavy atom. The summed E-state index contributed by atoms with van der Waals surface area (Å²) in [4.78, 5) is 2.39. The molecule has 0 aromatic rings. The number of alkyl halides is 1. The fourth-order valence-electron chi connectivity index (χ4n) is 1.67. The Bertz CT molecular complexity index is 107. The van der Waals surface area contributed by atoms with E-state index in [0.717, 1.165) is 24.8 Å². The second-order valence-electron chi connectivity index (χ2n) is 3.27. The van der Waals surface area contributed by atoms with Crippen molar-refractivity contribution >= 4 is 15.9 Å². The van der Waals surface area contributed by atoms with Crippen LogP contribution < -0.4 is 0 Å². The summed E-state index contributed by atoms with van der Waals surface area (Å²) in [7, 11) is 0. The second-order valence-corrected chi connectivity index (χ2v) is 4.07. The molecular formula is C10H22BrNO. The molecule has 0 amide bonds. The topological polar surface area (TPSA) is 23.5 Å². The molecule has 2 nitrogen and oxygen atoms in total. The molecule has 0 radical (unpaired) electrons. The summed E-state index contributed by atoms with van der Waals surface area (Å²) in [5, 5.41) is 9.97. The zero-order chi connectivity index (χ0) is 10.1. The molecule has 0 aromatic heterocycles. The van der Waals surface area contributed by atoms with Crippen LogP contribution in [0.15, 0.2) is 0 Å². The van der Waals surface area contributed by atoms with Gasteiger partial charge >= 0.3 is 0 Å². The van der Waals surface area contributed by atoms with Gasteiger partial charge in [-0.05, 0) is 25.8 Å². The summed E-state index contributed by atoms with van der Waals surface area (Å²) in [5.74, 6) is 0. The van der Waals surface area contributed by atoms with Crippen LogP contribution in [0.2, 0.25) is 0 Å². The largest absolute Gasteiger partial charge is 0.395 e. The predicted molar refractivity (Wildman–Crippen MR) is 61.4 cm³/mol. The molecule has 0 spiro atoms. The van der Waals surface area contributed by atoms with Crippen LogP contribution in [0.5, 0.6) is 0 Å². The molecule has 0 unspecified atom stereocenters. The molecule has 0 fully saturated rings. The van der Waals surface area contributed by atoms with Crippen LogP contribution in [-0.4, -0.2) is 41.1 Å². The second kappa shape index (κ2) is 8.97. The van der Waals surface area contributed by atoms with Gasteiger partial charge in [0.15, 0.2) is 0 Å². The highest BCUT2D eigenvalue weighted by atomic mass is 79.9. The van der Waals surface area contributed by atoms with Gasteiger partial charge in [0, 0.05) is 17.9 Å². The summed E-state index contributed by atoms with van der Waals surface area (Å²) in [6.07, 6.45) is 3.52. The summed E-state index contributed by atoms with van der Waals surface area (Å²) < 4.78 is 0. The number of aliphatic hydroxyl groups is 1. The third kappa shape index (κ3) is 5.66. The molecule has 0 heterocycles. The van der Waals surface area contributed by atoms with E-state index in [0.29, 0.717) is 6.04 Å². The SMILES string of the molecule is CCC(CC)N(CCO)CCCBr. The van der Waals surface area contributed by atoms with Crippen molar-refractivity contribution in [3.8, 4) is 0 Å². The van der Waals surface area contributed by atoms with Crippen molar-refractivity contribution in [3.63, 3.8) is 0 Å². The van der Waals surface area contributed by atoms with Gasteiger partial charge < -0.3 is 5.11 Å². The van der Waals surface area contributed by atoms with Gasteiger partial charge in [0.05, 0.1) is 6.61 Å². The van der Waals surface area contributed by atoms with Gasteiger partial charge in [-0.25, -0.2) is 0 Å². The Balaban J connectivity index is 3.88. The van der Waals surface area contributed by atoms with Crippen molar-refractivity contribution in [2.75, 3.05) is 25.0 Å². The standard InChI is InChI=1S/C10H22BrNO/c1-3-10(4-2)12(8-9-13)7-5-6-11/h10,13H,3-9H2,1-2H3. The quantitative estimate of drug-likeness (QED) is 0.670. The van der Waals surface area contributed by atoms with Crippen LogP contribution in [0.1, 0.15) is 33.1 Å². The fourth-order valence-corrected chi connectivity index (χ4v) is 1.92. The van der Waals surface area contributed by atoms with Crippen molar-refractivity contribution in [1.82, 2.24) is 4.90 Å². The lowest BCUT2D eigenvalue weighted by atomic mass is 10.1. The van der Waals surface area contributed by atoms with Crippen molar-refractivity contribution in [2.24, 2.45) is 0 Å². The smallest absolute Gasteiger partial charge is 0.0558 e. The molecule has 3 heteroatoms. The summed E-state index contributed by atoms with van der Waals surface area (Å²) in [6.45, 7) is 6.62. The van der Waals surface area contributed by atoms with E-state index in [4.69, 9.17) is 5.11 Å². The minimum atomic E-state index is 0.277. The Kier molecular flexibility index (Phi) is 9.25. The van der Waals surface area contributed by atoms with E-state index in [2.05, 4.69) is 34.7 Å². The van der Waals surface area contributed by atoms with Crippen LogP contribution in [-0.2, 0) is 0 Å². The van der Waals surface area contributed by atoms with E-state index < -0.39 is 0 Å². The van der Waals surface area contributed by atoms with E-state index in [1.165, 1.54) is 12.8 Å². The number of hydrogen-bond donors (Lipinski definition) is 1. The zero-order valence-corrected chi connectivity index (χ0v) is 10.4. The minimum Gasteiger partial charge on any atom is -0.395 e. The zero-order valence-electron chi connectivity index (χ0n) is 8.80. The van der Waals surface area contributed by atoms with Gasteiger partial charge in [0.1, 0.15) is 0 Å². The number of aliphatic hydroxyl groups excluding tert-OH is 1. The average molecular weight is 252 g/mol. The highest BCUT2D eigenvalue weighted by Gasteiger charge is 2.13. The molecule has 0 saturated carbocycles. The number of halogens is 1. The van der Waals surface area contributed by atoms with Crippen LogP contribution in [0, 0.1) is 0 Å². The summed E-state index contributed by atoms with van der Waals surface area (Å²) in [5.41, 5.74) is 0. The average Bonchev–Trinajstić information content (AvgIpc) is 2.16. The first-order valence-corrected chi connectivity index (χ1v) is 6.33. The maximum absolute atomic E-state index is 8.92. The number of rotatable bonds is 8. The van der Waals surface area contributed by atoms with Gasteiger partial charge in [-0.15, -0.1) is 0 Å². The maximum Gasteiger partial charge on any atom is 0.0558 e. The van der Waals surface area contributed by atoms with Crippen molar-refractivity contribution in [2.45, 2.75) is 39.2 Å². The van der Waals surface area contributed by atoms with Gasteiger partial charge in [0.2, 0.25) is 0 Å². The molecule has 0 rings (SSSR count). The molecule has 80 valence electrons. The van der Waals surface area contributed by atoms with Gasteiger partial charge in [0.25, 0.3) is 0 Å². The Labute approximate surface area is 90.4 Å². The molecule has 0 aromatic carbocycles. The summed E-state index contributed by atoms with van der Waals surface area (Å²) in [6, 6.07) is 0.645. The molecule has 0 atom stereocenters. The van der Waals surface area contributed by atoms with Gasteiger partial charge in [-0.2, -0.15) is 0 Å². The minimum absolute atomic E-state index is 0.277. The highest BCUT2D eigenvalue weighted by molar-refractivity contribution is 9.09. The first-order valence-electron chi connectivity index (χ1n) is 5.20. The monoisotopic (exact) mass is 251 g/mol. The molecule has 13 heavy (non-hydrogen) atoms. The lowest BCUT2D eigenvalue weighted by molar-refractivity contribution is 0.144. The molecule has 0 aliphatic carbocycles. The van der Waals surface area contributed by atoms with Crippen molar-refractivity contribution < 1.29 is 5.11 Å². The van der Waals surface area contributed by atoms with E-state index >= 15 is 0 Å². The molecule has 0 saturated heterocycles. The van der Waals surface area contributed by atoms with Crippen LogP contribution in [0.25, 0.3) is 0 Å². The van der Waals surface area contributed by atoms with Crippen LogP contribution >= 0.6 is 15.9 Å². The first kappa shape index (κ1) is 13.4. The lowest BCUT2D eigenvalue weighted by Gasteiger charge is -2.29. The molecule has 1 N–H and O–H groups in total. The normalized spacial score (nSPS) is 11.5. The predicted octanol–water partition coefficient (Wildman–Crippen LogP) is 2.25. The third-order valence-corrected chi connectivity index (χ3v) is 2.99. The first-order chi connectivity index (χ1) is 6.29. The molecule has 0 aliphatic rings. The Morgan fingerprint density at radius 1 is 1.23 bits per heavy atom. The number of hydrogen-bond acceptors (Lipinski definition) is 2. The van der Waals surface area contributed by atoms with E-state index in [1.54, 1.807) is 0 Å². The third-order valence-electron chi connectivity index (χ3n) is 2.43. The Hall–Kier alpha value is 0.400. The van der Waals surface area contributed by atoms with Crippen LogP contribution in [0.3, 0.4) is 0 Å². The lowest BCUT2D eigenvalue weighted by Crippen LogP contribution is -2.37. The van der Waals surface area contributed by atoms with Gasteiger partial charge in [-0.1, -0.05) is 29.8 Å². The molecule has 0 aliphatic heterocycles. The molecule has 0 bridgehead atoms. The fraction of sp³-hybridized carbons (Fsp3) is 1.00. The van der Waals surface area contributed by atoms with E-state index in [1.807, 2.05) is 0 Å². The van der Waals surface area contributed by atoms with E-state index in [9.17, 15) is 0 Å². The number of nitrogens with zero attached hydrogens (tertiary/aromatic N) is 1. The van der Waals surface area contributed by atoms with Crippen molar-refractivity contribution in [1.29, 1.82) is 0 Å². The van der Waals surface area contributed by atoms with Crippen molar-refractivity contribution in [3.05, 3.63) is 0 Å². The van der Waals surface area contributed by atoms with E-state index in [-0.39, 0.29) is 6.61 Å².